The Balaban J connectivity index is 1.69. The largest absolute Gasteiger partial charge is 0.372 e. The summed E-state index contributed by atoms with van der Waals surface area (Å²) in [5, 5.41) is 3.14. The van der Waals surface area contributed by atoms with Gasteiger partial charge in [0.2, 0.25) is 0 Å². The lowest BCUT2D eigenvalue weighted by molar-refractivity contribution is 0.0937. The topological polar surface area (TPSA) is 38.3 Å². The number of amides is 1. The van der Waals surface area contributed by atoms with Crippen LogP contribution in [0.15, 0.2) is 18.2 Å². The molecule has 3 heteroatoms. The van der Waals surface area contributed by atoms with Crippen LogP contribution in [0, 0.1) is 5.92 Å². The van der Waals surface area contributed by atoms with Gasteiger partial charge in [0.05, 0.1) is 13.2 Å². The molecule has 1 aliphatic heterocycles. The highest BCUT2D eigenvalue weighted by molar-refractivity contribution is 5.94. The van der Waals surface area contributed by atoms with E-state index in [0.717, 1.165) is 29.9 Å². The van der Waals surface area contributed by atoms with Crippen LogP contribution in [0.5, 0.6) is 0 Å². The summed E-state index contributed by atoms with van der Waals surface area (Å²) in [6.45, 7) is 3.56. The molecule has 18 heavy (non-hydrogen) atoms. The molecule has 2 aliphatic rings. The molecule has 1 N–H and O–H groups in total. The second-order valence-corrected chi connectivity index (χ2v) is 5.56. The maximum Gasteiger partial charge on any atom is 0.251 e. The first kappa shape index (κ1) is 11.7. The van der Waals surface area contributed by atoms with Crippen LogP contribution in [0.25, 0.3) is 0 Å². The Kier molecular flexibility index (Phi) is 3.08. The van der Waals surface area contributed by atoms with Crippen LogP contribution in [-0.2, 0) is 18.0 Å². The second-order valence-electron chi connectivity index (χ2n) is 5.56. The van der Waals surface area contributed by atoms with Crippen LogP contribution in [0.4, 0.5) is 0 Å². The van der Waals surface area contributed by atoms with Gasteiger partial charge in [-0.2, -0.15) is 0 Å². The first-order chi connectivity index (χ1) is 8.72. The SMILES string of the molecule is CC1CCC(NC(=O)c2ccc3c(c2)COC3)C1. The number of hydrogen-bond acceptors (Lipinski definition) is 2. The zero-order chi connectivity index (χ0) is 12.5. The van der Waals surface area contributed by atoms with Gasteiger partial charge in [0.25, 0.3) is 5.91 Å². The van der Waals surface area contributed by atoms with Crippen molar-refractivity contribution < 1.29 is 9.53 Å². The van der Waals surface area contributed by atoms with E-state index in [1.165, 1.54) is 12.0 Å². The Bertz CT molecular complexity index is 470. The molecule has 3 rings (SSSR count). The van der Waals surface area contributed by atoms with Crippen LogP contribution < -0.4 is 5.32 Å². The van der Waals surface area contributed by atoms with Gasteiger partial charge in [0.1, 0.15) is 0 Å². The highest BCUT2D eigenvalue weighted by Gasteiger charge is 2.23. The van der Waals surface area contributed by atoms with Crippen molar-refractivity contribution in [1.29, 1.82) is 0 Å². The van der Waals surface area contributed by atoms with Crippen molar-refractivity contribution in [2.24, 2.45) is 5.92 Å². The Morgan fingerprint density at radius 1 is 1.28 bits per heavy atom. The van der Waals surface area contributed by atoms with E-state index in [4.69, 9.17) is 4.74 Å². The van der Waals surface area contributed by atoms with Crippen LogP contribution in [0.2, 0.25) is 0 Å². The predicted octanol–water partition coefficient (Wildman–Crippen LogP) is 2.64. The van der Waals surface area contributed by atoms with Crippen molar-refractivity contribution in [3.05, 3.63) is 34.9 Å². The Morgan fingerprint density at radius 3 is 2.89 bits per heavy atom. The highest BCUT2D eigenvalue weighted by Crippen LogP contribution is 2.25. The summed E-state index contributed by atoms with van der Waals surface area (Å²) in [7, 11) is 0. The molecule has 1 saturated carbocycles. The van der Waals surface area contributed by atoms with Gasteiger partial charge in [-0.25, -0.2) is 0 Å². The molecule has 0 spiro atoms. The summed E-state index contributed by atoms with van der Waals surface area (Å²) in [6.07, 6.45) is 3.45. The number of rotatable bonds is 2. The van der Waals surface area contributed by atoms with Crippen LogP contribution >= 0.6 is 0 Å². The Labute approximate surface area is 108 Å². The third-order valence-electron chi connectivity index (χ3n) is 4.01. The van der Waals surface area contributed by atoms with Crippen molar-refractivity contribution in [3.8, 4) is 0 Å². The van der Waals surface area contributed by atoms with E-state index < -0.39 is 0 Å². The van der Waals surface area contributed by atoms with E-state index >= 15 is 0 Å². The summed E-state index contributed by atoms with van der Waals surface area (Å²) in [5.74, 6) is 0.799. The van der Waals surface area contributed by atoms with Gasteiger partial charge in [-0.15, -0.1) is 0 Å². The summed E-state index contributed by atoms with van der Waals surface area (Å²) in [4.78, 5) is 12.2. The van der Waals surface area contributed by atoms with E-state index in [-0.39, 0.29) is 5.91 Å². The van der Waals surface area contributed by atoms with E-state index in [0.29, 0.717) is 19.3 Å². The molecule has 0 radical (unpaired) electrons. The first-order valence-electron chi connectivity index (χ1n) is 6.73. The number of carbonyl (C=O) groups excluding carboxylic acids is 1. The van der Waals surface area contributed by atoms with Gasteiger partial charge < -0.3 is 10.1 Å². The third-order valence-corrected chi connectivity index (χ3v) is 4.01. The fourth-order valence-electron chi connectivity index (χ4n) is 2.92. The fourth-order valence-corrected chi connectivity index (χ4v) is 2.92. The zero-order valence-electron chi connectivity index (χ0n) is 10.7. The molecule has 1 heterocycles. The average Bonchev–Trinajstić information content (AvgIpc) is 2.96. The van der Waals surface area contributed by atoms with Crippen molar-refractivity contribution >= 4 is 5.91 Å². The third kappa shape index (κ3) is 2.27. The van der Waals surface area contributed by atoms with Crippen molar-refractivity contribution in [1.82, 2.24) is 5.32 Å². The lowest BCUT2D eigenvalue weighted by Crippen LogP contribution is -2.32. The molecule has 0 saturated heterocycles. The molecule has 2 atom stereocenters. The lowest BCUT2D eigenvalue weighted by atomic mass is 10.1. The van der Waals surface area contributed by atoms with Gasteiger partial charge in [0.15, 0.2) is 0 Å². The molecule has 2 unspecified atom stereocenters. The Morgan fingerprint density at radius 2 is 2.11 bits per heavy atom. The monoisotopic (exact) mass is 245 g/mol. The lowest BCUT2D eigenvalue weighted by Gasteiger charge is -2.12. The highest BCUT2D eigenvalue weighted by atomic mass is 16.5. The van der Waals surface area contributed by atoms with Crippen molar-refractivity contribution in [3.63, 3.8) is 0 Å². The zero-order valence-corrected chi connectivity index (χ0v) is 10.7. The predicted molar refractivity (Wildman–Crippen MR) is 69.2 cm³/mol. The first-order valence-corrected chi connectivity index (χ1v) is 6.73. The van der Waals surface area contributed by atoms with Crippen molar-refractivity contribution in [2.45, 2.75) is 45.4 Å². The minimum atomic E-state index is 0.0591. The average molecular weight is 245 g/mol. The molecule has 0 bridgehead atoms. The summed E-state index contributed by atoms with van der Waals surface area (Å²) in [6, 6.07) is 6.24. The molecule has 96 valence electrons. The minimum absolute atomic E-state index is 0.0591. The Hall–Kier alpha value is -1.35. The number of fused-ring (bicyclic) bond motifs is 1. The van der Waals surface area contributed by atoms with E-state index in [1.54, 1.807) is 0 Å². The molecular formula is C15H19NO2. The smallest absolute Gasteiger partial charge is 0.251 e. The van der Waals surface area contributed by atoms with E-state index in [9.17, 15) is 4.79 Å². The van der Waals surface area contributed by atoms with Crippen LogP contribution in [0.3, 0.4) is 0 Å². The molecule has 0 aromatic heterocycles. The molecule has 1 amide bonds. The molecule has 1 fully saturated rings. The fraction of sp³-hybridized carbons (Fsp3) is 0.533. The molecule has 3 nitrogen and oxygen atoms in total. The molecule has 1 aromatic carbocycles. The molecular weight excluding hydrogens is 226 g/mol. The van der Waals surface area contributed by atoms with Crippen molar-refractivity contribution in [2.75, 3.05) is 0 Å². The van der Waals surface area contributed by atoms with Crippen LogP contribution in [0.1, 0.15) is 47.7 Å². The van der Waals surface area contributed by atoms with E-state index in [1.807, 2.05) is 18.2 Å². The molecule has 1 aromatic rings. The normalized spacial score (nSPS) is 26.1. The maximum atomic E-state index is 12.2. The van der Waals surface area contributed by atoms with E-state index in [2.05, 4.69) is 12.2 Å². The quantitative estimate of drug-likeness (QED) is 0.870. The number of hydrogen-bond donors (Lipinski definition) is 1. The number of nitrogens with one attached hydrogen (secondary N) is 1. The maximum absolute atomic E-state index is 12.2. The van der Waals surface area contributed by atoms with Gasteiger partial charge >= 0.3 is 0 Å². The summed E-state index contributed by atoms with van der Waals surface area (Å²) < 4.78 is 5.37. The second kappa shape index (κ2) is 4.73. The molecule has 1 aliphatic carbocycles. The van der Waals surface area contributed by atoms with Gasteiger partial charge in [-0.3, -0.25) is 4.79 Å². The van der Waals surface area contributed by atoms with Gasteiger partial charge in [-0.05, 0) is 48.4 Å². The van der Waals surface area contributed by atoms with Gasteiger partial charge in [0, 0.05) is 11.6 Å². The number of benzene rings is 1. The van der Waals surface area contributed by atoms with Gasteiger partial charge in [-0.1, -0.05) is 13.0 Å². The summed E-state index contributed by atoms with van der Waals surface area (Å²) >= 11 is 0. The van der Waals surface area contributed by atoms with Crippen LogP contribution in [-0.4, -0.2) is 11.9 Å². The standard InChI is InChI=1S/C15H19NO2/c1-10-2-5-14(6-10)16-15(17)11-3-4-12-8-18-9-13(12)7-11/h3-4,7,10,14H,2,5-6,8-9H2,1H3,(H,16,17). The minimum Gasteiger partial charge on any atom is -0.372 e. The number of carbonyl (C=O) groups is 1. The summed E-state index contributed by atoms with van der Waals surface area (Å²) in [5.41, 5.74) is 3.13. The number of ether oxygens (including phenoxy) is 1.